The molecule has 4 amide bonds. The van der Waals surface area contributed by atoms with Crippen molar-refractivity contribution in [3.05, 3.63) is 74.4 Å². The number of rotatable bonds is 5. The summed E-state index contributed by atoms with van der Waals surface area (Å²) in [5, 5.41) is 6.39. The molecule has 3 aromatic rings. The molecule has 32 heavy (non-hydrogen) atoms. The fourth-order valence-electron chi connectivity index (χ4n) is 3.52. The fourth-order valence-corrected chi connectivity index (χ4v) is 4.30. The lowest BCUT2D eigenvalue weighted by atomic mass is 10.0. The van der Waals surface area contributed by atoms with Gasteiger partial charge in [-0.05, 0) is 69.6 Å². The normalized spacial score (nSPS) is 13.6. The smallest absolute Gasteiger partial charge is 0.328 e. The van der Waals surface area contributed by atoms with Crippen molar-refractivity contribution < 1.29 is 23.9 Å². The van der Waals surface area contributed by atoms with Crippen LogP contribution in [0.4, 0.5) is 4.79 Å². The Labute approximate surface area is 197 Å². The van der Waals surface area contributed by atoms with E-state index in [4.69, 9.17) is 9.47 Å². The van der Waals surface area contributed by atoms with Gasteiger partial charge in [-0.2, -0.15) is 0 Å². The summed E-state index contributed by atoms with van der Waals surface area (Å²) in [6, 6.07) is 14.9. The van der Waals surface area contributed by atoms with Crippen LogP contribution in [0.1, 0.15) is 16.7 Å². The second-order valence-electron chi connectivity index (χ2n) is 7.20. The van der Waals surface area contributed by atoms with Gasteiger partial charge >= 0.3 is 6.03 Å². The monoisotopic (exact) mass is 542 g/mol. The van der Waals surface area contributed by atoms with Crippen LogP contribution in [-0.2, 0) is 16.2 Å². The molecular formula is C24H19IN2O5. The number of methoxy groups -OCH3 is 1. The molecule has 1 fully saturated rings. The highest BCUT2D eigenvalue weighted by Crippen LogP contribution is 2.36. The number of nitrogens with one attached hydrogen (secondary N) is 2. The molecule has 3 aromatic carbocycles. The van der Waals surface area contributed by atoms with Gasteiger partial charge in [0.25, 0.3) is 11.8 Å². The molecular weight excluding hydrogens is 523 g/mol. The molecule has 0 aromatic heterocycles. The van der Waals surface area contributed by atoms with Crippen LogP contribution in [0.15, 0.2) is 54.1 Å². The van der Waals surface area contributed by atoms with Crippen LogP contribution < -0.4 is 20.1 Å². The third-order valence-corrected chi connectivity index (χ3v) is 5.94. The van der Waals surface area contributed by atoms with Crippen LogP contribution in [0.3, 0.4) is 0 Å². The molecule has 1 heterocycles. The van der Waals surface area contributed by atoms with Gasteiger partial charge in [-0.3, -0.25) is 20.2 Å². The lowest BCUT2D eigenvalue weighted by Gasteiger charge is -2.17. The van der Waals surface area contributed by atoms with Crippen molar-refractivity contribution in [2.45, 2.75) is 13.5 Å². The van der Waals surface area contributed by atoms with E-state index in [2.05, 4.69) is 57.5 Å². The Hall–Kier alpha value is -3.40. The first kappa shape index (κ1) is 21.8. The summed E-state index contributed by atoms with van der Waals surface area (Å²) in [4.78, 5) is 35.3. The largest absolute Gasteiger partial charge is 0.493 e. The highest BCUT2D eigenvalue weighted by atomic mass is 127. The number of ether oxygens (including phenoxy) is 2. The molecule has 0 unspecified atom stereocenters. The van der Waals surface area contributed by atoms with Crippen molar-refractivity contribution in [2.24, 2.45) is 0 Å². The second-order valence-corrected chi connectivity index (χ2v) is 8.36. The van der Waals surface area contributed by atoms with E-state index in [1.54, 1.807) is 12.1 Å². The highest BCUT2D eigenvalue weighted by Gasteiger charge is 2.28. The summed E-state index contributed by atoms with van der Waals surface area (Å²) >= 11 is 2.12. The molecule has 0 bridgehead atoms. The van der Waals surface area contributed by atoms with E-state index in [0.29, 0.717) is 23.7 Å². The van der Waals surface area contributed by atoms with Gasteiger partial charge in [-0.1, -0.05) is 36.4 Å². The molecule has 4 rings (SSSR count). The summed E-state index contributed by atoms with van der Waals surface area (Å²) in [6.45, 7) is 2.40. The molecule has 0 spiro atoms. The first-order valence-corrected chi connectivity index (χ1v) is 10.8. The third kappa shape index (κ3) is 4.31. The van der Waals surface area contributed by atoms with Gasteiger partial charge < -0.3 is 9.47 Å². The Kier molecular flexibility index (Phi) is 6.13. The summed E-state index contributed by atoms with van der Waals surface area (Å²) in [5.74, 6) is -0.469. The molecule has 1 aliphatic rings. The number of fused-ring (bicyclic) bond motifs is 1. The van der Waals surface area contributed by atoms with E-state index >= 15 is 0 Å². The number of hydrogen-bond acceptors (Lipinski definition) is 5. The molecule has 0 saturated carbocycles. The number of barbiturate groups is 1. The van der Waals surface area contributed by atoms with Crippen molar-refractivity contribution >= 4 is 57.3 Å². The number of halogens is 1. The third-order valence-electron chi connectivity index (χ3n) is 5.14. The minimum absolute atomic E-state index is 0.164. The van der Waals surface area contributed by atoms with Crippen LogP contribution in [0.5, 0.6) is 11.5 Å². The first-order valence-electron chi connectivity index (χ1n) is 9.73. The Morgan fingerprint density at radius 2 is 1.72 bits per heavy atom. The average Bonchev–Trinajstić information content (AvgIpc) is 2.76. The molecule has 0 atom stereocenters. The maximum absolute atomic E-state index is 12.0. The Morgan fingerprint density at radius 3 is 2.44 bits per heavy atom. The topological polar surface area (TPSA) is 93.7 Å². The number of hydrogen-bond donors (Lipinski definition) is 2. The molecule has 1 saturated heterocycles. The number of urea groups is 1. The zero-order valence-electron chi connectivity index (χ0n) is 17.3. The molecule has 2 N–H and O–H groups in total. The van der Waals surface area contributed by atoms with Crippen molar-refractivity contribution in [2.75, 3.05) is 7.11 Å². The summed E-state index contributed by atoms with van der Waals surface area (Å²) in [5.41, 5.74) is 2.62. The van der Waals surface area contributed by atoms with Crippen LogP contribution >= 0.6 is 22.6 Å². The summed E-state index contributed by atoms with van der Waals surface area (Å²) < 4.78 is 12.4. The van der Waals surface area contributed by atoms with Crippen LogP contribution in [0.25, 0.3) is 16.8 Å². The maximum atomic E-state index is 12.0. The van der Waals surface area contributed by atoms with E-state index in [1.165, 1.54) is 13.2 Å². The van der Waals surface area contributed by atoms with Crippen LogP contribution in [0, 0.1) is 10.5 Å². The van der Waals surface area contributed by atoms with Crippen molar-refractivity contribution in [3.8, 4) is 11.5 Å². The molecule has 0 aliphatic carbocycles. The molecule has 162 valence electrons. The van der Waals surface area contributed by atoms with Crippen molar-refractivity contribution in [1.82, 2.24) is 10.6 Å². The predicted molar refractivity (Wildman–Crippen MR) is 128 cm³/mol. The Balaban J connectivity index is 1.65. The Bertz CT molecular complexity index is 1280. The molecule has 1 aliphatic heterocycles. The first-order chi connectivity index (χ1) is 15.4. The number of amides is 4. The molecule has 8 heteroatoms. The van der Waals surface area contributed by atoms with Crippen molar-refractivity contribution in [1.29, 1.82) is 0 Å². The highest BCUT2D eigenvalue weighted by molar-refractivity contribution is 14.1. The van der Waals surface area contributed by atoms with Gasteiger partial charge in [0.2, 0.25) is 0 Å². The van der Waals surface area contributed by atoms with Gasteiger partial charge in [0.15, 0.2) is 11.5 Å². The number of benzene rings is 3. The van der Waals surface area contributed by atoms with E-state index in [9.17, 15) is 14.4 Å². The van der Waals surface area contributed by atoms with Crippen LogP contribution in [0.2, 0.25) is 0 Å². The van der Waals surface area contributed by atoms with Crippen LogP contribution in [-0.4, -0.2) is 25.0 Å². The lowest BCUT2D eigenvalue weighted by molar-refractivity contribution is -0.123. The van der Waals surface area contributed by atoms with Crippen molar-refractivity contribution in [3.63, 3.8) is 0 Å². The maximum Gasteiger partial charge on any atom is 0.328 e. The minimum atomic E-state index is -0.836. The van der Waals surface area contributed by atoms with E-state index in [-0.39, 0.29) is 5.57 Å². The Morgan fingerprint density at radius 1 is 1.00 bits per heavy atom. The average molecular weight is 542 g/mol. The van der Waals surface area contributed by atoms with Gasteiger partial charge in [-0.25, -0.2) is 4.79 Å². The summed E-state index contributed by atoms with van der Waals surface area (Å²) in [7, 11) is 1.52. The summed E-state index contributed by atoms with van der Waals surface area (Å²) in [6.07, 6.45) is 1.40. The van der Waals surface area contributed by atoms with Gasteiger partial charge in [0, 0.05) is 5.56 Å². The zero-order chi connectivity index (χ0) is 22.8. The van der Waals surface area contributed by atoms with E-state index < -0.39 is 17.8 Å². The quantitative estimate of drug-likeness (QED) is 0.288. The number of carbonyl (C=O) groups excluding carboxylic acids is 3. The SMILES string of the molecule is COc1cc(C=C2C(=O)NC(=O)NC2=O)cc(I)c1OCc1c(C)ccc2ccccc12. The number of aryl methyl sites for hydroxylation is 1. The van der Waals surface area contributed by atoms with Gasteiger partial charge in [-0.15, -0.1) is 0 Å². The molecule has 0 radical (unpaired) electrons. The van der Waals surface area contributed by atoms with E-state index in [0.717, 1.165) is 25.5 Å². The second kappa shape index (κ2) is 8.99. The van der Waals surface area contributed by atoms with E-state index in [1.807, 2.05) is 19.1 Å². The zero-order valence-corrected chi connectivity index (χ0v) is 19.5. The number of imide groups is 2. The number of carbonyl (C=O) groups is 3. The predicted octanol–water partition coefficient (Wildman–Crippen LogP) is 4.09. The van der Waals surface area contributed by atoms with Gasteiger partial charge in [0.05, 0.1) is 10.7 Å². The lowest BCUT2D eigenvalue weighted by Crippen LogP contribution is -2.51. The van der Waals surface area contributed by atoms with Gasteiger partial charge in [0.1, 0.15) is 12.2 Å². The minimum Gasteiger partial charge on any atom is -0.493 e. The standard InChI is InChI=1S/C24H19IN2O5/c1-13-7-8-15-5-3-4-6-16(15)18(13)12-32-21-19(25)10-14(11-20(21)31-2)9-17-22(28)26-24(30)27-23(17)29/h3-11H,12H2,1-2H3,(H2,26,27,28,29,30). The molecule has 7 nitrogen and oxygen atoms in total. The fraction of sp³-hybridized carbons (Fsp3) is 0.125.